The van der Waals surface area contributed by atoms with Crippen molar-refractivity contribution in [3.63, 3.8) is 0 Å². The van der Waals surface area contributed by atoms with Crippen molar-refractivity contribution in [2.24, 2.45) is 0 Å². The van der Waals surface area contributed by atoms with Crippen molar-refractivity contribution < 1.29 is 14.4 Å². The summed E-state index contributed by atoms with van der Waals surface area (Å²) in [5.41, 5.74) is 0.864. The van der Waals surface area contributed by atoms with E-state index in [9.17, 15) is 5.11 Å². The van der Waals surface area contributed by atoms with E-state index in [1.165, 1.54) is 0 Å². The molecule has 0 saturated heterocycles. The fraction of sp³-hybridized carbons (Fsp3) is 0.429. The first-order valence-corrected chi connectivity index (χ1v) is 6.45. The first kappa shape index (κ1) is 12.2. The molecule has 1 N–H and O–H groups in total. The summed E-state index contributed by atoms with van der Waals surface area (Å²) >= 11 is 0. The lowest BCUT2D eigenvalue weighted by Crippen LogP contribution is -1.98. The van der Waals surface area contributed by atoms with Crippen LogP contribution in [0, 0.1) is 0 Å². The molecule has 5 nitrogen and oxygen atoms in total. The SMILES string of the molecule is C[C@H](O)c1ccc(OCc2noc(C3CC3)n2)cc1. The molecule has 1 aromatic carbocycles. The average molecular weight is 260 g/mol. The van der Waals surface area contributed by atoms with E-state index in [0.717, 1.165) is 30.0 Å². The number of aliphatic hydroxyl groups is 1. The molecule has 0 bridgehead atoms. The van der Waals surface area contributed by atoms with Gasteiger partial charge in [0.05, 0.1) is 6.10 Å². The van der Waals surface area contributed by atoms with E-state index < -0.39 is 6.10 Å². The van der Waals surface area contributed by atoms with Crippen molar-refractivity contribution in [1.29, 1.82) is 0 Å². The number of hydrogen-bond donors (Lipinski definition) is 1. The predicted molar refractivity (Wildman–Crippen MR) is 67.7 cm³/mol. The summed E-state index contributed by atoms with van der Waals surface area (Å²) in [5, 5.41) is 13.3. The van der Waals surface area contributed by atoms with Gasteiger partial charge in [0.2, 0.25) is 11.7 Å². The van der Waals surface area contributed by atoms with Crippen molar-refractivity contribution in [3.8, 4) is 5.75 Å². The molecule has 1 atom stereocenters. The van der Waals surface area contributed by atoms with Crippen LogP contribution < -0.4 is 4.74 Å². The van der Waals surface area contributed by atoms with Gasteiger partial charge in [-0.15, -0.1) is 0 Å². The molecule has 1 aliphatic rings. The second kappa shape index (κ2) is 5.01. The molecule has 0 aliphatic heterocycles. The number of rotatable bonds is 5. The van der Waals surface area contributed by atoms with Gasteiger partial charge in [-0.2, -0.15) is 4.98 Å². The number of aromatic nitrogens is 2. The van der Waals surface area contributed by atoms with Gasteiger partial charge in [-0.3, -0.25) is 0 Å². The zero-order chi connectivity index (χ0) is 13.2. The molecule has 1 saturated carbocycles. The Bertz CT molecular complexity index is 544. The summed E-state index contributed by atoms with van der Waals surface area (Å²) in [6, 6.07) is 7.32. The van der Waals surface area contributed by atoms with Crippen LogP contribution in [0.4, 0.5) is 0 Å². The maximum absolute atomic E-state index is 9.41. The minimum atomic E-state index is -0.465. The molecule has 1 fully saturated rings. The van der Waals surface area contributed by atoms with E-state index in [1.807, 2.05) is 24.3 Å². The summed E-state index contributed by atoms with van der Waals surface area (Å²) in [7, 11) is 0. The number of benzene rings is 1. The third-order valence-corrected chi connectivity index (χ3v) is 3.14. The smallest absolute Gasteiger partial charge is 0.229 e. The molecule has 19 heavy (non-hydrogen) atoms. The molecular formula is C14H16N2O3. The van der Waals surface area contributed by atoms with E-state index in [-0.39, 0.29) is 0 Å². The summed E-state index contributed by atoms with van der Waals surface area (Å²) in [6.45, 7) is 2.03. The van der Waals surface area contributed by atoms with Crippen LogP contribution in [-0.2, 0) is 6.61 Å². The van der Waals surface area contributed by atoms with E-state index in [1.54, 1.807) is 6.92 Å². The molecular weight excluding hydrogens is 244 g/mol. The average Bonchev–Trinajstić information content (AvgIpc) is 3.16. The minimum Gasteiger partial charge on any atom is -0.485 e. The summed E-state index contributed by atoms with van der Waals surface area (Å²) < 4.78 is 10.7. The number of aliphatic hydroxyl groups excluding tert-OH is 1. The Morgan fingerprint density at radius 3 is 2.74 bits per heavy atom. The van der Waals surface area contributed by atoms with Crippen LogP contribution in [0.5, 0.6) is 5.75 Å². The lowest BCUT2D eigenvalue weighted by Gasteiger charge is -2.06. The van der Waals surface area contributed by atoms with Crippen molar-refractivity contribution in [1.82, 2.24) is 10.1 Å². The Morgan fingerprint density at radius 2 is 2.11 bits per heavy atom. The fourth-order valence-electron chi connectivity index (χ4n) is 1.81. The number of hydrogen-bond acceptors (Lipinski definition) is 5. The zero-order valence-corrected chi connectivity index (χ0v) is 10.7. The predicted octanol–water partition coefficient (Wildman–Crippen LogP) is 2.58. The van der Waals surface area contributed by atoms with Crippen LogP contribution in [0.25, 0.3) is 0 Å². The summed E-state index contributed by atoms with van der Waals surface area (Å²) in [5.74, 6) is 2.48. The van der Waals surface area contributed by atoms with E-state index in [0.29, 0.717) is 18.3 Å². The van der Waals surface area contributed by atoms with Crippen LogP contribution in [-0.4, -0.2) is 15.2 Å². The van der Waals surface area contributed by atoms with Crippen LogP contribution in [0.1, 0.15) is 49.1 Å². The van der Waals surface area contributed by atoms with Gasteiger partial charge in [-0.25, -0.2) is 0 Å². The third-order valence-electron chi connectivity index (χ3n) is 3.14. The first-order valence-electron chi connectivity index (χ1n) is 6.45. The maximum atomic E-state index is 9.41. The quantitative estimate of drug-likeness (QED) is 0.894. The normalized spacial score (nSPS) is 16.3. The van der Waals surface area contributed by atoms with Gasteiger partial charge in [0, 0.05) is 5.92 Å². The molecule has 0 radical (unpaired) electrons. The van der Waals surface area contributed by atoms with Gasteiger partial charge in [0.1, 0.15) is 5.75 Å². The lowest BCUT2D eigenvalue weighted by molar-refractivity contribution is 0.199. The maximum Gasteiger partial charge on any atom is 0.229 e. The topological polar surface area (TPSA) is 68.4 Å². The van der Waals surface area contributed by atoms with Crippen LogP contribution in [0.3, 0.4) is 0 Å². The molecule has 0 amide bonds. The molecule has 3 rings (SSSR count). The molecule has 1 aliphatic carbocycles. The van der Waals surface area contributed by atoms with E-state index >= 15 is 0 Å². The molecule has 5 heteroatoms. The van der Waals surface area contributed by atoms with Gasteiger partial charge in [0.25, 0.3) is 0 Å². The lowest BCUT2D eigenvalue weighted by atomic mass is 10.1. The van der Waals surface area contributed by atoms with Crippen LogP contribution in [0.15, 0.2) is 28.8 Å². The Labute approximate surface area is 111 Å². The standard InChI is InChI=1S/C14H16N2O3/c1-9(17)10-4-6-12(7-5-10)18-8-13-15-14(19-16-13)11-2-3-11/h4-7,9,11,17H,2-3,8H2,1H3/t9-/m0/s1. The van der Waals surface area contributed by atoms with Gasteiger partial charge >= 0.3 is 0 Å². The molecule has 0 unspecified atom stereocenters. The molecule has 100 valence electrons. The number of nitrogens with zero attached hydrogens (tertiary/aromatic N) is 2. The molecule has 0 spiro atoms. The van der Waals surface area contributed by atoms with E-state index in [4.69, 9.17) is 9.26 Å². The largest absolute Gasteiger partial charge is 0.485 e. The van der Waals surface area contributed by atoms with Gasteiger partial charge in [-0.05, 0) is 37.5 Å². The monoisotopic (exact) mass is 260 g/mol. The fourth-order valence-corrected chi connectivity index (χ4v) is 1.81. The van der Waals surface area contributed by atoms with Gasteiger partial charge in [0.15, 0.2) is 6.61 Å². The van der Waals surface area contributed by atoms with E-state index in [2.05, 4.69) is 10.1 Å². The highest BCUT2D eigenvalue weighted by atomic mass is 16.5. The molecule has 2 aromatic rings. The van der Waals surface area contributed by atoms with Gasteiger partial charge in [-0.1, -0.05) is 17.3 Å². The molecule has 1 heterocycles. The zero-order valence-electron chi connectivity index (χ0n) is 10.7. The number of ether oxygens (including phenoxy) is 1. The van der Waals surface area contributed by atoms with Crippen molar-refractivity contribution in [2.75, 3.05) is 0 Å². The highest BCUT2D eigenvalue weighted by molar-refractivity contribution is 5.28. The van der Waals surface area contributed by atoms with Crippen LogP contribution >= 0.6 is 0 Å². The highest BCUT2D eigenvalue weighted by Crippen LogP contribution is 2.38. The summed E-state index contributed by atoms with van der Waals surface area (Å²) in [4.78, 5) is 4.29. The summed E-state index contributed by atoms with van der Waals surface area (Å²) in [6.07, 6.45) is 1.82. The third kappa shape index (κ3) is 2.93. The minimum absolute atomic E-state index is 0.296. The Morgan fingerprint density at radius 1 is 1.37 bits per heavy atom. The Balaban J connectivity index is 1.58. The second-order valence-electron chi connectivity index (χ2n) is 4.86. The Kier molecular flexibility index (Phi) is 3.21. The molecule has 1 aromatic heterocycles. The van der Waals surface area contributed by atoms with Crippen molar-refractivity contribution in [2.45, 2.75) is 38.4 Å². The van der Waals surface area contributed by atoms with Gasteiger partial charge < -0.3 is 14.4 Å². The van der Waals surface area contributed by atoms with Crippen LogP contribution in [0.2, 0.25) is 0 Å². The van der Waals surface area contributed by atoms with Crippen molar-refractivity contribution >= 4 is 0 Å². The highest BCUT2D eigenvalue weighted by Gasteiger charge is 2.29. The second-order valence-corrected chi connectivity index (χ2v) is 4.86. The Hall–Kier alpha value is -1.88. The van der Waals surface area contributed by atoms with Crippen molar-refractivity contribution in [3.05, 3.63) is 41.5 Å². The first-order chi connectivity index (χ1) is 9.22.